The van der Waals surface area contributed by atoms with Crippen molar-refractivity contribution in [2.24, 2.45) is 11.1 Å². The van der Waals surface area contributed by atoms with Gasteiger partial charge in [0, 0.05) is 5.70 Å². The molecule has 0 saturated carbocycles. The van der Waals surface area contributed by atoms with Crippen LogP contribution < -0.4 is 5.73 Å². The molecule has 0 amide bonds. The van der Waals surface area contributed by atoms with Crippen molar-refractivity contribution in [3.8, 4) is 0 Å². The van der Waals surface area contributed by atoms with Crippen LogP contribution in [0, 0.1) is 5.41 Å². The molecule has 13 heavy (non-hydrogen) atoms. The van der Waals surface area contributed by atoms with E-state index < -0.39 is 5.60 Å². The molecular formula is C11H23NO. The van der Waals surface area contributed by atoms with Gasteiger partial charge in [0.05, 0.1) is 6.61 Å². The molecule has 0 unspecified atom stereocenters. The van der Waals surface area contributed by atoms with Gasteiger partial charge in [0.25, 0.3) is 0 Å². The summed E-state index contributed by atoms with van der Waals surface area (Å²) < 4.78 is 5.72. The lowest BCUT2D eigenvalue weighted by Gasteiger charge is -2.31. The minimum Gasteiger partial charge on any atom is -0.400 e. The molecule has 0 aromatic rings. The van der Waals surface area contributed by atoms with E-state index in [-0.39, 0.29) is 5.41 Å². The predicted octanol–water partition coefficient (Wildman–Crippen LogP) is 2.69. The maximum Gasteiger partial charge on any atom is 0.101 e. The molecule has 0 bridgehead atoms. The standard InChI is InChI=1S/C11H23NO/c1-7-10(3,4)8-13-11(5,6)9(2)12/h2,7-8,12H2,1,3-6H3. The summed E-state index contributed by atoms with van der Waals surface area (Å²) in [6.07, 6.45) is 1.10. The van der Waals surface area contributed by atoms with Crippen LogP contribution in [0.2, 0.25) is 0 Å². The topological polar surface area (TPSA) is 35.2 Å². The maximum atomic E-state index is 5.72. The molecule has 0 aromatic heterocycles. The van der Waals surface area contributed by atoms with Crippen LogP contribution in [0.5, 0.6) is 0 Å². The number of hydrogen-bond acceptors (Lipinski definition) is 2. The number of hydrogen-bond donors (Lipinski definition) is 1. The lowest BCUT2D eigenvalue weighted by atomic mass is 9.91. The van der Waals surface area contributed by atoms with Gasteiger partial charge in [-0.1, -0.05) is 27.4 Å². The van der Waals surface area contributed by atoms with Gasteiger partial charge in [0.1, 0.15) is 5.60 Å². The Hall–Kier alpha value is -0.500. The minimum absolute atomic E-state index is 0.215. The third-order valence-corrected chi connectivity index (χ3v) is 2.55. The van der Waals surface area contributed by atoms with Crippen LogP contribution in [-0.4, -0.2) is 12.2 Å². The van der Waals surface area contributed by atoms with E-state index in [0.717, 1.165) is 6.42 Å². The van der Waals surface area contributed by atoms with Crippen LogP contribution >= 0.6 is 0 Å². The molecule has 0 saturated heterocycles. The van der Waals surface area contributed by atoms with Crippen molar-refractivity contribution in [3.63, 3.8) is 0 Å². The van der Waals surface area contributed by atoms with Gasteiger partial charge in [-0.05, 0) is 25.7 Å². The Morgan fingerprint density at radius 3 is 2.08 bits per heavy atom. The van der Waals surface area contributed by atoms with E-state index in [9.17, 15) is 0 Å². The Morgan fingerprint density at radius 2 is 1.77 bits per heavy atom. The van der Waals surface area contributed by atoms with Gasteiger partial charge in [-0.15, -0.1) is 0 Å². The van der Waals surface area contributed by atoms with Gasteiger partial charge in [0.15, 0.2) is 0 Å². The molecule has 0 aliphatic carbocycles. The van der Waals surface area contributed by atoms with Crippen LogP contribution in [0.15, 0.2) is 12.3 Å². The molecule has 0 aliphatic rings. The second kappa shape index (κ2) is 4.14. The lowest BCUT2D eigenvalue weighted by Crippen LogP contribution is -2.34. The largest absolute Gasteiger partial charge is 0.400 e. The third-order valence-electron chi connectivity index (χ3n) is 2.55. The van der Waals surface area contributed by atoms with Crippen molar-refractivity contribution in [2.75, 3.05) is 6.61 Å². The fraction of sp³-hybridized carbons (Fsp3) is 0.818. The molecular weight excluding hydrogens is 162 g/mol. The summed E-state index contributed by atoms with van der Waals surface area (Å²) in [5.74, 6) is 0. The van der Waals surface area contributed by atoms with Crippen molar-refractivity contribution in [1.82, 2.24) is 0 Å². The van der Waals surface area contributed by atoms with Crippen LogP contribution in [-0.2, 0) is 4.74 Å². The Kier molecular flexibility index (Phi) is 3.98. The zero-order valence-electron chi connectivity index (χ0n) is 9.61. The van der Waals surface area contributed by atoms with E-state index in [1.54, 1.807) is 0 Å². The summed E-state index contributed by atoms with van der Waals surface area (Å²) >= 11 is 0. The zero-order chi connectivity index (χ0) is 10.7. The van der Waals surface area contributed by atoms with Crippen LogP contribution in [0.3, 0.4) is 0 Å². The van der Waals surface area contributed by atoms with Crippen molar-refractivity contribution < 1.29 is 4.74 Å². The van der Waals surface area contributed by atoms with E-state index in [4.69, 9.17) is 10.5 Å². The second-order valence-electron chi connectivity index (χ2n) is 4.84. The Bertz CT molecular complexity index is 183. The Labute approximate surface area is 82.2 Å². The highest BCUT2D eigenvalue weighted by Crippen LogP contribution is 2.24. The summed E-state index contributed by atoms with van der Waals surface area (Å²) in [7, 11) is 0. The summed E-state index contributed by atoms with van der Waals surface area (Å²) in [5, 5.41) is 0. The van der Waals surface area contributed by atoms with E-state index in [0.29, 0.717) is 12.3 Å². The third kappa shape index (κ3) is 4.32. The van der Waals surface area contributed by atoms with Crippen molar-refractivity contribution >= 4 is 0 Å². The molecule has 0 radical (unpaired) electrons. The minimum atomic E-state index is -0.410. The number of nitrogens with two attached hydrogens (primary N) is 1. The highest BCUT2D eigenvalue weighted by Gasteiger charge is 2.24. The highest BCUT2D eigenvalue weighted by atomic mass is 16.5. The van der Waals surface area contributed by atoms with Crippen molar-refractivity contribution in [2.45, 2.75) is 46.6 Å². The SMILES string of the molecule is C=C(N)C(C)(C)OCC(C)(C)CC. The maximum absolute atomic E-state index is 5.72. The quantitative estimate of drug-likeness (QED) is 0.714. The summed E-state index contributed by atoms with van der Waals surface area (Å²) in [6, 6.07) is 0. The summed E-state index contributed by atoms with van der Waals surface area (Å²) in [5.41, 5.74) is 6.01. The molecule has 0 rings (SSSR count). The zero-order valence-corrected chi connectivity index (χ0v) is 9.61. The van der Waals surface area contributed by atoms with Crippen molar-refractivity contribution in [1.29, 1.82) is 0 Å². The lowest BCUT2D eigenvalue weighted by molar-refractivity contribution is -0.0332. The fourth-order valence-electron chi connectivity index (χ4n) is 0.571. The van der Waals surface area contributed by atoms with Crippen LogP contribution in [0.1, 0.15) is 41.0 Å². The molecule has 0 fully saturated rings. The fourth-order valence-corrected chi connectivity index (χ4v) is 0.571. The molecule has 2 nitrogen and oxygen atoms in total. The normalized spacial score (nSPS) is 13.0. The molecule has 0 aromatic carbocycles. The number of rotatable bonds is 5. The van der Waals surface area contributed by atoms with Gasteiger partial charge >= 0.3 is 0 Å². The van der Waals surface area contributed by atoms with Gasteiger partial charge in [-0.25, -0.2) is 0 Å². The monoisotopic (exact) mass is 185 g/mol. The van der Waals surface area contributed by atoms with E-state index in [1.165, 1.54) is 0 Å². The first-order valence-corrected chi connectivity index (χ1v) is 4.80. The molecule has 0 heterocycles. The van der Waals surface area contributed by atoms with Gasteiger partial charge in [-0.2, -0.15) is 0 Å². The van der Waals surface area contributed by atoms with Gasteiger partial charge < -0.3 is 10.5 Å². The smallest absolute Gasteiger partial charge is 0.101 e. The van der Waals surface area contributed by atoms with Gasteiger partial charge in [-0.3, -0.25) is 0 Å². The molecule has 78 valence electrons. The predicted molar refractivity (Wildman–Crippen MR) is 57.4 cm³/mol. The first-order valence-electron chi connectivity index (χ1n) is 4.80. The van der Waals surface area contributed by atoms with E-state index in [2.05, 4.69) is 27.4 Å². The van der Waals surface area contributed by atoms with Crippen LogP contribution in [0.25, 0.3) is 0 Å². The Balaban J connectivity index is 4.09. The summed E-state index contributed by atoms with van der Waals surface area (Å²) in [4.78, 5) is 0. The highest BCUT2D eigenvalue weighted by molar-refractivity contribution is 5.04. The first-order chi connectivity index (χ1) is 5.71. The van der Waals surface area contributed by atoms with Crippen molar-refractivity contribution in [3.05, 3.63) is 12.3 Å². The molecule has 0 aliphatic heterocycles. The molecule has 2 N–H and O–H groups in total. The van der Waals surface area contributed by atoms with Crippen LogP contribution in [0.4, 0.5) is 0 Å². The molecule has 0 atom stereocenters. The average molecular weight is 185 g/mol. The number of ether oxygens (including phenoxy) is 1. The average Bonchev–Trinajstić information content (AvgIpc) is 2.01. The molecule has 0 spiro atoms. The van der Waals surface area contributed by atoms with E-state index in [1.807, 2.05) is 13.8 Å². The second-order valence-corrected chi connectivity index (χ2v) is 4.84. The van der Waals surface area contributed by atoms with Gasteiger partial charge in [0.2, 0.25) is 0 Å². The van der Waals surface area contributed by atoms with E-state index >= 15 is 0 Å². The Morgan fingerprint density at radius 1 is 1.31 bits per heavy atom. The first kappa shape index (κ1) is 12.5. The molecule has 2 heteroatoms. The summed E-state index contributed by atoms with van der Waals surface area (Å²) in [6.45, 7) is 14.8.